The normalized spacial score (nSPS) is 24.7. The van der Waals surface area contributed by atoms with E-state index < -0.39 is 0 Å². The number of rotatable bonds is 3. The van der Waals surface area contributed by atoms with E-state index >= 15 is 0 Å². The Labute approximate surface area is 131 Å². The summed E-state index contributed by atoms with van der Waals surface area (Å²) in [6.45, 7) is 2.95. The second kappa shape index (κ2) is 6.38. The molecule has 2 atom stereocenters. The number of urea groups is 1. The Kier molecular flexibility index (Phi) is 4.32. The van der Waals surface area contributed by atoms with Gasteiger partial charge in [-0.15, -0.1) is 0 Å². The van der Waals surface area contributed by atoms with Crippen molar-refractivity contribution in [3.8, 4) is 0 Å². The Balaban J connectivity index is 1.43. The van der Waals surface area contributed by atoms with Crippen LogP contribution in [0.1, 0.15) is 37.7 Å². The fourth-order valence-electron chi connectivity index (χ4n) is 3.19. The van der Waals surface area contributed by atoms with Crippen LogP contribution in [0.4, 0.5) is 4.79 Å². The van der Waals surface area contributed by atoms with Gasteiger partial charge in [-0.05, 0) is 24.8 Å². The SMILES string of the molecule is CC(=O)NC1CCN(C(=O)N[C@H]2C[C@@H]2c2ccccc2)CC1. The third-order valence-electron chi connectivity index (χ3n) is 4.52. The van der Waals surface area contributed by atoms with Crippen molar-refractivity contribution in [2.75, 3.05) is 13.1 Å². The molecule has 2 N–H and O–H groups in total. The number of benzene rings is 1. The molecule has 1 saturated heterocycles. The standard InChI is InChI=1S/C17H23N3O2/c1-12(21)18-14-7-9-20(10-8-14)17(22)19-16-11-15(16)13-5-3-2-4-6-13/h2-6,14-16H,7-11H2,1H3,(H,18,21)(H,19,22)/t15-,16+/m1/s1. The fourth-order valence-corrected chi connectivity index (χ4v) is 3.19. The molecule has 5 heteroatoms. The highest BCUT2D eigenvalue weighted by atomic mass is 16.2. The molecule has 0 aromatic heterocycles. The molecule has 1 saturated carbocycles. The molecule has 1 aromatic rings. The van der Waals surface area contributed by atoms with Gasteiger partial charge in [-0.3, -0.25) is 4.79 Å². The van der Waals surface area contributed by atoms with Gasteiger partial charge in [-0.2, -0.15) is 0 Å². The Morgan fingerprint density at radius 3 is 2.41 bits per heavy atom. The minimum atomic E-state index is 0.00610. The largest absolute Gasteiger partial charge is 0.353 e. The van der Waals surface area contributed by atoms with Crippen molar-refractivity contribution in [1.29, 1.82) is 0 Å². The number of piperidine rings is 1. The van der Waals surface area contributed by atoms with E-state index in [2.05, 4.69) is 22.8 Å². The topological polar surface area (TPSA) is 61.4 Å². The van der Waals surface area contributed by atoms with E-state index in [1.54, 1.807) is 0 Å². The molecule has 0 radical (unpaired) electrons. The van der Waals surface area contributed by atoms with Gasteiger partial charge in [-0.1, -0.05) is 30.3 Å². The molecular formula is C17H23N3O2. The number of nitrogens with zero attached hydrogens (tertiary/aromatic N) is 1. The molecule has 5 nitrogen and oxygen atoms in total. The summed E-state index contributed by atoms with van der Waals surface area (Å²) in [6, 6.07) is 10.8. The maximum absolute atomic E-state index is 12.3. The molecule has 3 rings (SSSR count). The molecule has 0 spiro atoms. The summed E-state index contributed by atoms with van der Waals surface area (Å²) < 4.78 is 0. The molecule has 118 valence electrons. The molecule has 1 aliphatic carbocycles. The van der Waals surface area contributed by atoms with E-state index in [9.17, 15) is 9.59 Å². The van der Waals surface area contributed by atoms with Crippen LogP contribution < -0.4 is 10.6 Å². The number of hydrogen-bond acceptors (Lipinski definition) is 2. The van der Waals surface area contributed by atoms with Crippen LogP contribution in [-0.4, -0.2) is 42.0 Å². The van der Waals surface area contributed by atoms with Crippen LogP contribution in [0.15, 0.2) is 30.3 Å². The third-order valence-corrected chi connectivity index (χ3v) is 4.52. The van der Waals surface area contributed by atoms with Gasteiger partial charge in [0.25, 0.3) is 0 Å². The molecule has 22 heavy (non-hydrogen) atoms. The van der Waals surface area contributed by atoms with Crippen LogP contribution in [0.3, 0.4) is 0 Å². The van der Waals surface area contributed by atoms with Gasteiger partial charge in [0.05, 0.1) is 0 Å². The van der Waals surface area contributed by atoms with Gasteiger partial charge in [0, 0.05) is 38.0 Å². The number of likely N-dealkylation sites (tertiary alicyclic amines) is 1. The van der Waals surface area contributed by atoms with Gasteiger partial charge < -0.3 is 15.5 Å². The first-order chi connectivity index (χ1) is 10.6. The summed E-state index contributed by atoms with van der Waals surface area (Å²) in [5, 5.41) is 6.05. The molecule has 2 aliphatic rings. The van der Waals surface area contributed by atoms with Gasteiger partial charge in [-0.25, -0.2) is 4.79 Å². The first-order valence-corrected chi connectivity index (χ1v) is 8.01. The molecule has 1 aromatic carbocycles. The summed E-state index contributed by atoms with van der Waals surface area (Å²) in [4.78, 5) is 25.2. The maximum atomic E-state index is 12.3. The molecule has 0 unspecified atom stereocenters. The zero-order valence-electron chi connectivity index (χ0n) is 12.9. The van der Waals surface area contributed by atoms with E-state index in [0.717, 1.165) is 19.3 Å². The summed E-state index contributed by atoms with van der Waals surface area (Å²) >= 11 is 0. The van der Waals surface area contributed by atoms with Crippen LogP contribution in [-0.2, 0) is 4.79 Å². The smallest absolute Gasteiger partial charge is 0.317 e. The lowest BCUT2D eigenvalue weighted by atomic mass is 10.1. The molecule has 1 heterocycles. The zero-order valence-corrected chi connectivity index (χ0v) is 12.9. The van der Waals surface area contributed by atoms with E-state index in [1.807, 2.05) is 23.1 Å². The summed E-state index contributed by atoms with van der Waals surface area (Å²) in [7, 11) is 0. The average molecular weight is 301 g/mol. The lowest BCUT2D eigenvalue weighted by molar-refractivity contribution is -0.119. The zero-order chi connectivity index (χ0) is 15.5. The van der Waals surface area contributed by atoms with Gasteiger partial charge in [0.15, 0.2) is 0 Å². The number of carbonyl (C=O) groups is 2. The molecule has 1 aliphatic heterocycles. The van der Waals surface area contributed by atoms with Gasteiger partial charge >= 0.3 is 6.03 Å². The van der Waals surface area contributed by atoms with Crippen LogP contribution in [0.25, 0.3) is 0 Å². The van der Waals surface area contributed by atoms with Crippen molar-refractivity contribution < 1.29 is 9.59 Å². The number of nitrogens with one attached hydrogen (secondary N) is 2. The van der Waals surface area contributed by atoms with Gasteiger partial charge in [0.2, 0.25) is 5.91 Å². The Hall–Kier alpha value is -2.04. The minimum absolute atomic E-state index is 0.00610. The van der Waals surface area contributed by atoms with E-state index in [1.165, 1.54) is 12.5 Å². The van der Waals surface area contributed by atoms with Crippen LogP contribution in [0.5, 0.6) is 0 Å². The number of carbonyl (C=O) groups excluding carboxylic acids is 2. The average Bonchev–Trinajstić information content (AvgIpc) is 3.27. The van der Waals surface area contributed by atoms with Crippen molar-refractivity contribution in [2.24, 2.45) is 0 Å². The minimum Gasteiger partial charge on any atom is -0.353 e. The van der Waals surface area contributed by atoms with Gasteiger partial charge in [0.1, 0.15) is 0 Å². The lowest BCUT2D eigenvalue weighted by Gasteiger charge is -2.32. The first kappa shape index (κ1) is 14.9. The molecule has 3 amide bonds. The van der Waals surface area contributed by atoms with E-state index in [0.29, 0.717) is 19.0 Å². The van der Waals surface area contributed by atoms with Crippen molar-refractivity contribution >= 4 is 11.9 Å². The fraction of sp³-hybridized carbons (Fsp3) is 0.529. The van der Waals surface area contributed by atoms with Crippen LogP contribution in [0.2, 0.25) is 0 Å². The second-order valence-electron chi connectivity index (χ2n) is 6.27. The highest BCUT2D eigenvalue weighted by Gasteiger charge is 2.40. The Morgan fingerprint density at radius 1 is 1.09 bits per heavy atom. The monoisotopic (exact) mass is 301 g/mol. The Bertz CT molecular complexity index is 538. The highest BCUT2D eigenvalue weighted by molar-refractivity contribution is 5.75. The predicted octanol–water partition coefficient (Wildman–Crippen LogP) is 1.85. The van der Waals surface area contributed by atoms with Crippen molar-refractivity contribution in [3.05, 3.63) is 35.9 Å². The molecule has 2 fully saturated rings. The van der Waals surface area contributed by atoms with Crippen LogP contribution in [0, 0.1) is 0 Å². The summed E-state index contributed by atoms with van der Waals surface area (Å²) in [5.74, 6) is 0.466. The summed E-state index contributed by atoms with van der Waals surface area (Å²) in [6.07, 6.45) is 2.69. The maximum Gasteiger partial charge on any atom is 0.317 e. The van der Waals surface area contributed by atoms with Crippen LogP contribution >= 0.6 is 0 Å². The lowest BCUT2D eigenvalue weighted by Crippen LogP contribution is -2.49. The van der Waals surface area contributed by atoms with Crippen molar-refractivity contribution in [2.45, 2.75) is 44.2 Å². The second-order valence-corrected chi connectivity index (χ2v) is 6.27. The first-order valence-electron chi connectivity index (χ1n) is 8.01. The van der Waals surface area contributed by atoms with Crippen molar-refractivity contribution in [3.63, 3.8) is 0 Å². The van der Waals surface area contributed by atoms with E-state index in [4.69, 9.17) is 0 Å². The molecule has 0 bridgehead atoms. The highest BCUT2D eigenvalue weighted by Crippen LogP contribution is 2.40. The summed E-state index contributed by atoms with van der Waals surface area (Å²) in [5.41, 5.74) is 1.30. The van der Waals surface area contributed by atoms with Crippen molar-refractivity contribution in [1.82, 2.24) is 15.5 Å². The number of amides is 3. The predicted molar refractivity (Wildman–Crippen MR) is 84.5 cm³/mol. The molecular weight excluding hydrogens is 278 g/mol. The third kappa shape index (κ3) is 3.59. The van der Waals surface area contributed by atoms with E-state index in [-0.39, 0.29) is 24.0 Å². The Morgan fingerprint density at radius 2 is 1.77 bits per heavy atom. The number of hydrogen-bond donors (Lipinski definition) is 2. The quantitative estimate of drug-likeness (QED) is 0.895.